The fourth-order valence-corrected chi connectivity index (χ4v) is 2.38. The second-order valence-electron chi connectivity index (χ2n) is 4.77. The SMILES string of the molecule is Cc1ccc(NC(=O)c2cccc(Br)c2C)c(C)c1O. The lowest BCUT2D eigenvalue weighted by atomic mass is 10.1. The van der Waals surface area contributed by atoms with Crippen LogP contribution in [0.2, 0.25) is 0 Å². The van der Waals surface area contributed by atoms with Gasteiger partial charge in [0.15, 0.2) is 0 Å². The zero-order chi connectivity index (χ0) is 14.9. The number of benzene rings is 2. The van der Waals surface area contributed by atoms with E-state index in [4.69, 9.17) is 0 Å². The Hall–Kier alpha value is -1.81. The minimum absolute atomic E-state index is 0.185. The second kappa shape index (κ2) is 5.67. The number of phenols is 1. The predicted molar refractivity (Wildman–Crippen MR) is 84.4 cm³/mol. The van der Waals surface area contributed by atoms with E-state index in [-0.39, 0.29) is 11.7 Å². The first-order valence-corrected chi connectivity index (χ1v) is 7.06. The van der Waals surface area contributed by atoms with Gasteiger partial charge in [-0.3, -0.25) is 4.79 Å². The Morgan fingerprint density at radius 2 is 1.80 bits per heavy atom. The zero-order valence-corrected chi connectivity index (χ0v) is 13.2. The summed E-state index contributed by atoms with van der Waals surface area (Å²) in [5.74, 6) is 0.0314. The van der Waals surface area contributed by atoms with Crippen LogP contribution in [0.5, 0.6) is 5.75 Å². The number of hydrogen-bond acceptors (Lipinski definition) is 2. The smallest absolute Gasteiger partial charge is 0.255 e. The van der Waals surface area contributed by atoms with Gasteiger partial charge >= 0.3 is 0 Å². The molecule has 20 heavy (non-hydrogen) atoms. The van der Waals surface area contributed by atoms with Gasteiger partial charge in [-0.15, -0.1) is 0 Å². The maximum atomic E-state index is 12.3. The van der Waals surface area contributed by atoms with Crippen molar-refractivity contribution in [2.24, 2.45) is 0 Å². The molecule has 3 nitrogen and oxygen atoms in total. The maximum Gasteiger partial charge on any atom is 0.255 e. The van der Waals surface area contributed by atoms with E-state index in [2.05, 4.69) is 21.2 Å². The van der Waals surface area contributed by atoms with Crippen LogP contribution in [0.1, 0.15) is 27.0 Å². The highest BCUT2D eigenvalue weighted by Gasteiger charge is 2.13. The van der Waals surface area contributed by atoms with Crippen LogP contribution in [-0.2, 0) is 0 Å². The fourth-order valence-electron chi connectivity index (χ4n) is 2.01. The summed E-state index contributed by atoms with van der Waals surface area (Å²) in [5, 5.41) is 12.8. The van der Waals surface area contributed by atoms with E-state index >= 15 is 0 Å². The van der Waals surface area contributed by atoms with E-state index in [1.165, 1.54) is 0 Å². The Kier molecular flexibility index (Phi) is 4.14. The first-order chi connectivity index (χ1) is 9.41. The maximum absolute atomic E-state index is 12.3. The third kappa shape index (κ3) is 2.70. The molecule has 2 aromatic carbocycles. The summed E-state index contributed by atoms with van der Waals surface area (Å²) >= 11 is 3.42. The molecule has 1 amide bonds. The predicted octanol–water partition coefficient (Wildman–Crippen LogP) is 4.33. The standard InChI is InChI=1S/C16H16BrNO2/c1-9-7-8-14(11(3)15(9)19)18-16(20)12-5-4-6-13(17)10(12)2/h4-8,19H,1-3H3,(H,18,20). The van der Waals surface area contributed by atoms with E-state index < -0.39 is 0 Å². The zero-order valence-electron chi connectivity index (χ0n) is 11.6. The molecule has 0 unspecified atom stereocenters. The molecule has 0 spiro atoms. The van der Waals surface area contributed by atoms with Gasteiger partial charge in [0.25, 0.3) is 5.91 Å². The van der Waals surface area contributed by atoms with Crippen LogP contribution in [0.4, 0.5) is 5.69 Å². The number of aromatic hydroxyl groups is 1. The minimum atomic E-state index is -0.185. The van der Waals surface area contributed by atoms with Gasteiger partial charge in [0, 0.05) is 21.3 Å². The Morgan fingerprint density at radius 1 is 1.10 bits per heavy atom. The molecular weight excluding hydrogens is 318 g/mol. The van der Waals surface area contributed by atoms with Crippen LogP contribution >= 0.6 is 15.9 Å². The summed E-state index contributed by atoms with van der Waals surface area (Å²) < 4.78 is 0.897. The molecule has 0 saturated carbocycles. The molecule has 104 valence electrons. The van der Waals surface area contributed by atoms with Crippen molar-refractivity contribution in [3.05, 3.63) is 57.1 Å². The molecule has 0 aliphatic carbocycles. The number of carbonyl (C=O) groups is 1. The Bertz CT molecular complexity index is 680. The summed E-state index contributed by atoms with van der Waals surface area (Å²) in [7, 11) is 0. The molecular formula is C16H16BrNO2. The number of amides is 1. The van der Waals surface area contributed by atoms with E-state index in [0.717, 1.165) is 15.6 Å². The number of halogens is 1. The summed E-state index contributed by atoms with van der Waals surface area (Å²) in [6.45, 7) is 5.50. The molecule has 0 heterocycles. The van der Waals surface area contributed by atoms with Gasteiger partial charge in [-0.2, -0.15) is 0 Å². The van der Waals surface area contributed by atoms with Crippen molar-refractivity contribution in [3.8, 4) is 5.75 Å². The lowest BCUT2D eigenvalue weighted by Crippen LogP contribution is -2.14. The number of rotatable bonds is 2. The molecule has 0 bridgehead atoms. The molecule has 0 radical (unpaired) electrons. The fraction of sp³-hybridized carbons (Fsp3) is 0.188. The molecule has 2 rings (SSSR count). The van der Waals surface area contributed by atoms with Crippen molar-refractivity contribution in [1.29, 1.82) is 0 Å². The molecule has 0 atom stereocenters. The monoisotopic (exact) mass is 333 g/mol. The number of carbonyl (C=O) groups excluding carboxylic acids is 1. The van der Waals surface area contributed by atoms with E-state index in [9.17, 15) is 9.90 Å². The Balaban J connectivity index is 2.33. The average Bonchev–Trinajstić information content (AvgIpc) is 2.42. The van der Waals surface area contributed by atoms with Crippen molar-refractivity contribution >= 4 is 27.5 Å². The molecule has 0 aromatic heterocycles. The lowest BCUT2D eigenvalue weighted by Gasteiger charge is -2.13. The molecule has 0 aliphatic rings. The minimum Gasteiger partial charge on any atom is -0.507 e. The Labute approximate surface area is 126 Å². The van der Waals surface area contributed by atoms with E-state index in [1.54, 1.807) is 25.1 Å². The van der Waals surface area contributed by atoms with Crippen molar-refractivity contribution in [1.82, 2.24) is 0 Å². The van der Waals surface area contributed by atoms with Gasteiger partial charge in [0.2, 0.25) is 0 Å². The van der Waals surface area contributed by atoms with Crippen molar-refractivity contribution in [2.75, 3.05) is 5.32 Å². The lowest BCUT2D eigenvalue weighted by molar-refractivity contribution is 0.102. The van der Waals surface area contributed by atoms with Crippen molar-refractivity contribution in [3.63, 3.8) is 0 Å². The molecule has 2 aromatic rings. The Morgan fingerprint density at radius 3 is 2.50 bits per heavy atom. The normalized spacial score (nSPS) is 10.4. The van der Waals surface area contributed by atoms with Gasteiger partial charge in [0.05, 0.1) is 0 Å². The highest BCUT2D eigenvalue weighted by Crippen LogP contribution is 2.29. The number of phenolic OH excluding ortho intramolecular Hbond substituents is 1. The third-order valence-corrected chi connectivity index (χ3v) is 4.25. The van der Waals surface area contributed by atoms with Crippen LogP contribution < -0.4 is 5.32 Å². The first-order valence-electron chi connectivity index (χ1n) is 6.27. The molecule has 0 fully saturated rings. The van der Waals surface area contributed by atoms with Crippen LogP contribution in [0.15, 0.2) is 34.8 Å². The second-order valence-corrected chi connectivity index (χ2v) is 5.62. The average molecular weight is 334 g/mol. The van der Waals surface area contributed by atoms with Crippen LogP contribution in [-0.4, -0.2) is 11.0 Å². The largest absolute Gasteiger partial charge is 0.507 e. The summed E-state index contributed by atoms with van der Waals surface area (Å²) in [6, 6.07) is 9.08. The number of hydrogen-bond donors (Lipinski definition) is 2. The molecule has 4 heteroatoms. The van der Waals surface area contributed by atoms with Crippen molar-refractivity contribution < 1.29 is 9.90 Å². The topological polar surface area (TPSA) is 49.3 Å². The van der Waals surface area contributed by atoms with Gasteiger partial charge in [-0.05, 0) is 50.1 Å². The summed E-state index contributed by atoms with van der Waals surface area (Å²) in [6.07, 6.45) is 0. The highest BCUT2D eigenvalue weighted by molar-refractivity contribution is 9.10. The number of nitrogens with one attached hydrogen (secondary N) is 1. The first kappa shape index (κ1) is 14.6. The highest BCUT2D eigenvalue weighted by atomic mass is 79.9. The van der Waals surface area contributed by atoms with Crippen LogP contribution in [0.3, 0.4) is 0 Å². The van der Waals surface area contributed by atoms with Gasteiger partial charge in [-0.1, -0.05) is 28.1 Å². The quantitative estimate of drug-likeness (QED) is 0.859. The van der Waals surface area contributed by atoms with Gasteiger partial charge in [0.1, 0.15) is 5.75 Å². The van der Waals surface area contributed by atoms with Gasteiger partial charge in [-0.25, -0.2) is 0 Å². The molecule has 0 saturated heterocycles. The summed E-state index contributed by atoms with van der Waals surface area (Å²) in [5.41, 5.74) is 3.58. The number of anilines is 1. The van der Waals surface area contributed by atoms with Crippen molar-refractivity contribution in [2.45, 2.75) is 20.8 Å². The van der Waals surface area contributed by atoms with Crippen LogP contribution in [0, 0.1) is 20.8 Å². The van der Waals surface area contributed by atoms with Crippen LogP contribution in [0.25, 0.3) is 0 Å². The van der Waals surface area contributed by atoms with E-state index in [0.29, 0.717) is 16.8 Å². The third-order valence-electron chi connectivity index (χ3n) is 3.39. The summed E-state index contributed by atoms with van der Waals surface area (Å²) in [4.78, 5) is 12.3. The van der Waals surface area contributed by atoms with Gasteiger partial charge < -0.3 is 10.4 Å². The van der Waals surface area contributed by atoms with E-state index in [1.807, 2.05) is 26.0 Å². The number of aryl methyl sites for hydroxylation is 1. The molecule has 2 N–H and O–H groups in total. The molecule has 0 aliphatic heterocycles.